The number of rotatable bonds is 9. The lowest BCUT2D eigenvalue weighted by molar-refractivity contribution is -0.153. The first kappa shape index (κ1) is 22.2. The van der Waals surface area contributed by atoms with E-state index in [4.69, 9.17) is 21.1 Å². The molecule has 1 atom stereocenters. The van der Waals surface area contributed by atoms with Gasteiger partial charge < -0.3 is 20.1 Å². The van der Waals surface area contributed by atoms with Crippen molar-refractivity contribution in [3.8, 4) is 5.75 Å². The monoisotopic (exact) mass is 418 g/mol. The van der Waals surface area contributed by atoms with Crippen LogP contribution in [0.4, 0.5) is 5.69 Å². The smallest absolute Gasteiger partial charge is 0.308 e. The average molecular weight is 419 g/mol. The number of anilines is 1. The van der Waals surface area contributed by atoms with Crippen molar-refractivity contribution in [3.05, 3.63) is 59.1 Å². The van der Waals surface area contributed by atoms with Crippen LogP contribution in [-0.2, 0) is 14.3 Å². The van der Waals surface area contributed by atoms with E-state index in [0.29, 0.717) is 28.6 Å². The second-order valence-corrected chi connectivity index (χ2v) is 6.53. The van der Waals surface area contributed by atoms with E-state index in [2.05, 4.69) is 10.6 Å². The van der Waals surface area contributed by atoms with E-state index in [1.54, 1.807) is 48.5 Å². The van der Waals surface area contributed by atoms with Gasteiger partial charge in [0.25, 0.3) is 11.8 Å². The van der Waals surface area contributed by atoms with Crippen molar-refractivity contribution in [1.82, 2.24) is 5.32 Å². The summed E-state index contributed by atoms with van der Waals surface area (Å²) in [5.41, 5.74) is 1.00. The molecule has 0 heterocycles. The standard InChI is InChI=1S/C21H23ClN2O5/c1-3-28-18-10-8-17(9-11-18)24-20(26)14(2)29-19(25)12-13-23-21(27)15-4-6-16(22)7-5-15/h4-11,14H,3,12-13H2,1-2H3,(H,23,27)(H,24,26). The second-order valence-electron chi connectivity index (χ2n) is 6.09. The minimum atomic E-state index is -0.971. The maximum Gasteiger partial charge on any atom is 0.308 e. The molecule has 8 heteroatoms. The summed E-state index contributed by atoms with van der Waals surface area (Å²) < 4.78 is 10.4. The van der Waals surface area contributed by atoms with E-state index < -0.39 is 18.0 Å². The number of halogens is 1. The van der Waals surface area contributed by atoms with Gasteiger partial charge in [-0.15, -0.1) is 0 Å². The summed E-state index contributed by atoms with van der Waals surface area (Å²) in [6.07, 6.45) is -1.03. The normalized spacial score (nSPS) is 11.3. The van der Waals surface area contributed by atoms with Crippen LogP contribution >= 0.6 is 11.6 Å². The van der Waals surface area contributed by atoms with Crippen LogP contribution in [0.1, 0.15) is 30.6 Å². The van der Waals surface area contributed by atoms with Gasteiger partial charge in [0.1, 0.15) is 5.75 Å². The van der Waals surface area contributed by atoms with Gasteiger partial charge >= 0.3 is 5.97 Å². The van der Waals surface area contributed by atoms with Crippen LogP contribution in [0.25, 0.3) is 0 Å². The Morgan fingerprint density at radius 3 is 2.31 bits per heavy atom. The van der Waals surface area contributed by atoms with E-state index in [0.717, 1.165) is 0 Å². The van der Waals surface area contributed by atoms with Crippen LogP contribution in [0.15, 0.2) is 48.5 Å². The number of hydrogen-bond donors (Lipinski definition) is 2. The Bertz CT molecular complexity index is 837. The zero-order valence-electron chi connectivity index (χ0n) is 16.2. The van der Waals surface area contributed by atoms with Crippen LogP contribution in [0.2, 0.25) is 5.02 Å². The van der Waals surface area contributed by atoms with Crippen molar-refractivity contribution in [2.45, 2.75) is 26.4 Å². The van der Waals surface area contributed by atoms with Gasteiger partial charge in [-0.3, -0.25) is 14.4 Å². The SMILES string of the molecule is CCOc1ccc(NC(=O)C(C)OC(=O)CCNC(=O)c2ccc(Cl)cc2)cc1. The molecular formula is C21H23ClN2O5. The zero-order valence-corrected chi connectivity index (χ0v) is 17.0. The molecule has 0 aliphatic rings. The molecule has 0 aliphatic carbocycles. The molecule has 29 heavy (non-hydrogen) atoms. The molecule has 0 radical (unpaired) electrons. The number of hydrogen-bond acceptors (Lipinski definition) is 5. The lowest BCUT2D eigenvalue weighted by Gasteiger charge is -2.14. The largest absolute Gasteiger partial charge is 0.494 e. The van der Waals surface area contributed by atoms with E-state index in [9.17, 15) is 14.4 Å². The third-order valence-corrected chi connectivity index (χ3v) is 4.08. The fourth-order valence-corrected chi connectivity index (χ4v) is 2.46. The van der Waals surface area contributed by atoms with Crippen LogP contribution in [0, 0.1) is 0 Å². The summed E-state index contributed by atoms with van der Waals surface area (Å²) in [6, 6.07) is 13.3. The Morgan fingerprint density at radius 2 is 1.69 bits per heavy atom. The third kappa shape index (κ3) is 7.46. The van der Waals surface area contributed by atoms with Crippen molar-refractivity contribution in [2.24, 2.45) is 0 Å². The first-order chi connectivity index (χ1) is 13.9. The topological polar surface area (TPSA) is 93.7 Å². The highest BCUT2D eigenvalue weighted by Gasteiger charge is 2.18. The fourth-order valence-electron chi connectivity index (χ4n) is 2.34. The quantitative estimate of drug-likeness (QED) is 0.608. The number of amides is 2. The van der Waals surface area contributed by atoms with E-state index in [1.165, 1.54) is 6.92 Å². The molecule has 2 aromatic rings. The molecule has 0 spiro atoms. The van der Waals surface area contributed by atoms with E-state index in [-0.39, 0.29) is 18.9 Å². The summed E-state index contributed by atoms with van der Waals surface area (Å²) in [4.78, 5) is 36.0. The van der Waals surface area contributed by atoms with E-state index in [1.807, 2.05) is 6.92 Å². The van der Waals surface area contributed by atoms with Crippen molar-refractivity contribution in [1.29, 1.82) is 0 Å². The molecule has 2 aromatic carbocycles. The highest BCUT2D eigenvalue weighted by atomic mass is 35.5. The Kier molecular flexibility index (Phi) is 8.48. The summed E-state index contributed by atoms with van der Waals surface area (Å²) in [5.74, 6) is -0.662. The molecule has 0 saturated heterocycles. The van der Waals surface area contributed by atoms with E-state index >= 15 is 0 Å². The molecule has 154 valence electrons. The minimum Gasteiger partial charge on any atom is -0.494 e. The highest BCUT2D eigenvalue weighted by Crippen LogP contribution is 2.16. The summed E-state index contributed by atoms with van der Waals surface area (Å²) >= 11 is 5.78. The van der Waals surface area contributed by atoms with Gasteiger partial charge in [0.05, 0.1) is 13.0 Å². The van der Waals surface area contributed by atoms with Crippen molar-refractivity contribution < 1.29 is 23.9 Å². The maximum absolute atomic E-state index is 12.2. The summed E-state index contributed by atoms with van der Waals surface area (Å²) in [5, 5.41) is 5.81. The predicted octanol–water partition coefficient (Wildman–Crippen LogP) is 3.43. The maximum atomic E-state index is 12.2. The molecule has 2 rings (SSSR count). The lowest BCUT2D eigenvalue weighted by Crippen LogP contribution is -2.32. The third-order valence-electron chi connectivity index (χ3n) is 3.83. The molecule has 0 aliphatic heterocycles. The molecule has 0 fully saturated rings. The molecule has 2 N–H and O–H groups in total. The number of benzene rings is 2. The van der Waals surface area contributed by atoms with Gasteiger partial charge in [-0.05, 0) is 62.4 Å². The molecular weight excluding hydrogens is 396 g/mol. The number of carbonyl (C=O) groups excluding carboxylic acids is 3. The van der Waals surface area contributed by atoms with Gasteiger partial charge in [0.2, 0.25) is 0 Å². The Hall–Kier alpha value is -3.06. The van der Waals surface area contributed by atoms with Crippen LogP contribution in [0.3, 0.4) is 0 Å². The number of carbonyl (C=O) groups is 3. The van der Waals surface area contributed by atoms with Crippen molar-refractivity contribution >= 4 is 35.1 Å². The molecule has 1 unspecified atom stereocenters. The first-order valence-electron chi connectivity index (χ1n) is 9.16. The molecule has 0 bridgehead atoms. The number of esters is 1. The number of ether oxygens (including phenoxy) is 2. The summed E-state index contributed by atoms with van der Waals surface area (Å²) in [6.45, 7) is 4.01. The Labute approximate surface area is 174 Å². The lowest BCUT2D eigenvalue weighted by atomic mass is 10.2. The molecule has 2 amide bonds. The minimum absolute atomic E-state index is 0.0556. The van der Waals surface area contributed by atoms with Gasteiger partial charge in [-0.1, -0.05) is 11.6 Å². The zero-order chi connectivity index (χ0) is 21.2. The van der Waals surface area contributed by atoms with Crippen LogP contribution in [0.5, 0.6) is 5.75 Å². The Balaban J connectivity index is 1.72. The van der Waals surface area contributed by atoms with Crippen molar-refractivity contribution in [2.75, 3.05) is 18.5 Å². The average Bonchev–Trinajstić information content (AvgIpc) is 2.70. The van der Waals surface area contributed by atoms with Crippen LogP contribution in [-0.4, -0.2) is 37.0 Å². The molecule has 7 nitrogen and oxygen atoms in total. The van der Waals surface area contributed by atoms with Gasteiger partial charge in [0, 0.05) is 22.8 Å². The Morgan fingerprint density at radius 1 is 1.03 bits per heavy atom. The van der Waals surface area contributed by atoms with Gasteiger partial charge in [0.15, 0.2) is 6.10 Å². The molecule has 0 saturated carbocycles. The first-order valence-corrected chi connectivity index (χ1v) is 9.53. The number of nitrogens with one attached hydrogen (secondary N) is 2. The highest BCUT2D eigenvalue weighted by molar-refractivity contribution is 6.30. The molecule has 0 aromatic heterocycles. The second kappa shape index (κ2) is 11.1. The summed E-state index contributed by atoms with van der Waals surface area (Å²) in [7, 11) is 0. The predicted molar refractivity (Wildman–Crippen MR) is 110 cm³/mol. The fraction of sp³-hybridized carbons (Fsp3) is 0.286. The van der Waals surface area contributed by atoms with Gasteiger partial charge in [-0.25, -0.2) is 0 Å². The van der Waals surface area contributed by atoms with Crippen molar-refractivity contribution in [3.63, 3.8) is 0 Å². The van der Waals surface area contributed by atoms with Gasteiger partial charge in [-0.2, -0.15) is 0 Å². The van der Waals surface area contributed by atoms with Crippen LogP contribution < -0.4 is 15.4 Å².